The molecule has 2 aromatic carbocycles. The monoisotopic (exact) mass is 473 g/mol. The normalized spacial score (nSPS) is 14.8. The SMILES string of the molecule is COc1ccc(NC(=O)C2CC(=O)Nc3nc(Nc4ccc(Cl)cc4Cl)[nH]c(=O)c32)cc1. The highest BCUT2D eigenvalue weighted by Gasteiger charge is 2.34. The number of hydrogen-bond donors (Lipinski definition) is 4. The Balaban J connectivity index is 1.62. The lowest BCUT2D eigenvalue weighted by molar-refractivity contribution is -0.123. The molecule has 0 radical (unpaired) electrons. The summed E-state index contributed by atoms with van der Waals surface area (Å²) in [6.07, 6.45) is -0.185. The van der Waals surface area contributed by atoms with Crippen molar-refractivity contribution in [3.8, 4) is 5.75 Å². The molecule has 11 heteroatoms. The Morgan fingerprint density at radius 3 is 2.59 bits per heavy atom. The first-order valence-electron chi connectivity index (χ1n) is 9.45. The number of anilines is 4. The van der Waals surface area contributed by atoms with E-state index in [4.69, 9.17) is 27.9 Å². The van der Waals surface area contributed by atoms with Crippen LogP contribution in [0, 0.1) is 0 Å². The Morgan fingerprint density at radius 2 is 1.91 bits per heavy atom. The van der Waals surface area contributed by atoms with Gasteiger partial charge in [-0.1, -0.05) is 23.2 Å². The largest absolute Gasteiger partial charge is 0.497 e. The minimum absolute atomic E-state index is 0.00691. The second-order valence-electron chi connectivity index (χ2n) is 6.95. The van der Waals surface area contributed by atoms with Crippen LogP contribution >= 0.6 is 23.2 Å². The van der Waals surface area contributed by atoms with E-state index in [-0.39, 0.29) is 23.8 Å². The molecule has 1 atom stereocenters. The van der Waals surface area contributed by atoms with Gasteiger partial charge in [0.15, 0.2) is 0 Å². The number of amides is 2. The molecule has 0 saturated carbocycles. The van der Waals surface area contributed by atoms with E-state index < -0.39 is 23.3 Å². The molecule has 164 valence electrons. The number of nitrogens with zero attached hydrogens (tertiary/aromatic N) is 1. The maximum Gasteiger partial charge on any atom is 0.258 e. The Hall–Kier alpha value is -3.56. The lowest BCUT2D eigenvalue weighted by Gasteiger charge is -2.23. The minimum Gasteiger partial charge on any atom is -0.497 e. The van der Waals surface area contributed by atoms with Crippen LogP contribution in [0.15, 0.2) is 47.3 Å². The van der Waals surface area contributed by atoms with Crippen LogP contribution in [0.1, 0.15) is 17.9 Å². The van der Waals surface area contributed by atoms with Crippen molar-refractivity contribution in [2.45, 2.75) is 12.3 Å². The van der Waals surface area contributed by atoms with Crippen LogP contribution in [0.25, 0.3) is 0 Å². The zero-order valence-corrected chi connectivity index (χ0v) is 18.2. The lowest BCUT2D eigenvalue weighted by Crippen LogP contribution is -2.36. The maximum absolute atomic E-state index is 12.9. The molecule has 1 aliphatic rings. The van der Waals surface area contributed by atoms with Crippen LogP contribution in [0.4, 0.5) is 23.1 Å². The van der Waals surface area contributed by atoms with Gasteiger partial charge in [0, 0.05) is 17.1 Å². The molecular formula is C21H17Cl2N5O4. The summed E-state index contributed by atoms with van der Waals surface area (Å²) in [4.78, 5) is 44.8. The molecule has 2 amide bonds. The molecule has 3 aromatic rings. The van der Waals surface area contributed by atoms with Crippen LogP contribution in [-0.2, 0) is 9.59 Å². The van der Waals surface area contributed by atoms with Gasteiger partial charge in [-0.05, 0) is 42.5 Å². The number of hydrogen-bond acceptors (Lipinski definition) is 6. The molecule has 0 saturated heterocycles. The number of methoxy groups -OCH3 is 1. The van der Waals surface area contributed by atoms with Crippen LogP contribution in [0.3, 0.4) is 0 Å². The molecule has 9 nitrogen and oxygen atoms in total. The number of carbonyl (C=O) groups is 2. The zero-order valence-electron chi connectivity index (χ0n) is 16.7. The number of rotatable bonds is 5. The fraction of sp³-hybridized carbons (Fsp3) is 0.143. The van der Waals surface area contributed by atoms with E-state index in [0.29, 0.717) is 27.2 Å². The quantitative estimate of drug-likeness (QED) is 0.445. The van der Waals surface area contributed by atoms with Gasteiger partial charge in [0.2, 0.25) is 17.8 Å². The summed E-state index contributed by atoms with van der Waals surface area (Å²) in [7, 11) is 1.54. The van der Waals surface area contributed by atoms with Gasteiger partial charge >= 0.3 is 0 Å². The van der Waals surface area contributed by atoms with Crippen LogP contribution < -0.4 is 26.2 Å². The minimum atomic E-state index is -1.01. The van der Waals surface area contributed by atoms with E-state index in [1.807, 2.05) is 0 Å². The maximum atomic E-state index is 12.9. The third-order valence-corrected chi connectivity index (χ3v) is 5.36. The van der Waals surface area contributed by atoms with Gasteiger partial charge in [-0.15, -0.1) is 0 Å². The Morgan fingerprint density at radius 1 is 1.16 bits per heavy atom. The number of carbonyl (C=O) groups excluding carboxylic acids is 2. The van der Waals surface area contributed by atoms with E-state index >= 15 is 0 Å². The van der Waals surface area contributed by atoms with Gasteiger partial charge in [0.1, 0.15) is 11.6 Å². The van der Waals surface area contributed by atoms with Crippen molar-refractivity contribution in [3.63, 3.8) is 0 Å². The third kappa shape index (κ3) is 4.53. The first-order valence-corrected chi connectivity index (χ1v) is 10.2. The van der Waals surface area contributed by atoms with Crippen molar-refractivity contribution in [3.05, 3.63) is 68.4 Å². The first kappa shape index (κ1) is 21.7. The van der Waals surface area contributed by atoms with Gasteiger partial charge in [0.25, 0.3) is 5.56 Å². The summed E-state index contributed by atoms with van der Waals surface area (Å²) >= 11 is 12.0. The molecule has 0 fully saturated rings. The van der Waals surface area contributed by atoms with E-state index in [2.05, 4.69) is 25.9 Å². The fourth-order valence-electron chi connectivity index (χ4n) is 3.28. The van der Waals surface area contributed by atoms with Gasteiger partial charge in [-0.25, -0.2) is 0 Å². The number of ether oxygens (including phenoxy) is 1. The number of fused-ring (bicyclic) bond motifs is 1. The average Bonchev–Trinajstić information content (AvgIpc) is 2.75. The summed E-state index contributed by atoms with van der Waals surface area (Å²) in [6, 6.07) is 11.5. The smallest absolute Gasteiger partial charge is 0.258 e. The molecule has 1 aliphatic heterocycles. The number of aromatic amines is 1. The van der Waals surface area contributed by atoms with Gasteiger partial charge in [-0.2, -0.15) is 4.98 Å². The Bertz CT molecular complexity index is 1260. The Labute approximate surface area is 192 Å². The topological polar surface area (TPSA) is 125 Å². The molecule has 0 bridgehead atoms. The molecule has 0 spiro atoms. The standard InChI is InChI=1S/C21H17Cl2N5O4/c1-32-12-5-3-11(4-6-12)24-19(30)13-9-16(29)26-18-17(13)20(31)28-21(27-18)25-15-7-2-10(22)8-14(15)23/h2-8,13H,9H2,1H3,(H,24,30)(H3,25,26,27,28,29,31). The number of H-pyrrole nitrogens is 1. The predicted molar refractivity (Wildman–Crippen MR) is 122 cm³/mol. The van der Waals surface area contributed by atoms with Crippen molar-refractivity contribution in [2.75, 3.05) is 23.1 Å². The summed E-state index contributed by atoms with van der Waals surface area (Å²) in [5, 5.41) is 8.92. The number of halogens is 2. The molecule has 4 N–H and O–H groups in total. The van der Waals surface area contributed by atoms with E-state index in [1.165, 1.54) is 13.2 Å². The van der Waals surface area contributed by atoms with Crippen LogP contribution in [-0.4, -0.2) is 28.9 Å². The molecular weight excluding hydrogens is 457 g/mol. The highest BCUT2D eigenvalue weighted by molar-refractivity contribution is 6.36. The molecule has 4 rings (SSSR count). The van der Waals surface area contributed by atoms with Crippen molar-refractivity contribution < 1.29 is 14.3 Å². The summed E-state index contributed by atoms with van der Waals surface area (Å²) in [5.41, 5.74) is 0.472. The molecule has 2 heterocycles. The van der Waals surface area contributed by atoms with E-state index in [1.54, 1.807) is 36.4 Å². The van der Waals surface area contributed by atoms with E-state index in [9.17, 15) is 14.4 Å². The fourth-order valence-corrected chi connectivity index (χ4v) is 3.73. The van der Waals surface area contributed by atoms with Gasteiger partial charge in [-0.3, -0.25) is 19.4 Å². The molecule has 32 heavy (non-hydrogen) atoms. The second kappa shape index (κ2) is 8.89. The highest BCUT2D eigenvalue weighted by atomic mass is 35.5. The zero-order chi connectivity index (χ0) is 22.8. The van der Waals surface area contributed by atoms with Crippen molar-refractivity contribution in [1.82, 2.24) is 9.97 Å². The summed E-state index contributed by atoms with van der Waals surface area (Å²) < 4.78 is 5.09. The van der Waals surface area contributed by atoms with Gasteiger partial charge < -0.3 is 20.7 Å². The first-order chi connectivity index (χ1) is 15.3. The molecule has 0 aliphatic carbocycles. The van der Waals surface area contributed by atoms with Crippen molar-refractivity contribution in [1.29, 1.82) is 0 Å². The van der Waals surface area contributed by atoms with Crippen LogP contribution in [0.2, 0.25) is 10.0 Å². The second-order valence-corrected chi connectivity index (χ2v) is 7.79. The Kier molecular flexibility index (Phi) is 6.02. The molecule has 1 aromatic heterocycles. The van der Waals surface area contributed by atoms with E-state index in [0.717, 1.165) is 0 Å². The number of benzene rings is 2. The predicted octanol–water partition coefficient (Wildman–Crippen LogP) is 3.89. The summed E-state index contributed by atoms with van der Waals surface area (Å²) in [6.45, 7) is 0. The van der Waals surface area contributed by atoms with Crippen molar-refractivity contribution in [2.24, 2.45) is 0 Å². The van der Waals surface area contributed by atoms with Crippen molar-refractivity contribution >= 4 is 58.2 Å². The van der Waals surface area contributed by atoms with Gasteiger partial charge in [0.05, 0.1) is 29.3 Å². The summed E-state index contributed by atoms with van der Waals surface area (Å²) in [5.74, 6) is -1.25. The number of nitrogens with one attached hydrogen (secondary N) is 4. The third-order valence-electron chi connectivity index (χ3n) is 4.81. The number of aromatic nitrogens is 2. The molecule has 1 unspecified atom stereocenters. The highest BCUT2D eigenvalue weighted by Crippen LogP contribution is 2.31. The average molecular weight is 474 g/mol. The van der Waals surface area contributed by atoms with Crippen LogP contribution in [0.5, 0.6) is 5.75 Å². The lowest BCUT2D eigenvalue weighted by atomic mass is 9.92.